The number of benzene rings is 1. The lowest BCUT2D eigenvalue weighted by Gasteiger charge is -2.28. The van der Waals surface area contributed by atoms with Gasteiger partial charge in [0.2, 0.25) is 0 Å². The van der Waals surface area contributed by atoms with Crippen LogP contribution >= 0.6 is 0 Å². The quantitative estimate of drug-likeness (QED) is 0.902. The summed E-state index contributed by atoms with van der Waals surface area (Å²) in [5.41, 5.74) is 0.793. The lowest BCUT2D eigenvalue weighted by molar-refractivity contribution is -0.147. The third-order valence-corrected chi connectivity index (χ3v) is 3.42. The molecule has 1 heterocycles. The molecule has 1 aromatic heterocycles. The molecule has 1 N–H and O–H groups in total. The molecule has 0 spiro atoms. The van der Waals surface area contributed by atoms with Crippen LogP contribution in [-0.4, -0.2) is 20.6 Å². The largest absolute Gasteiger partial charge is 0.479 e. The van der Waals surface area contributed by atoms with Crippen LogP contribution in [0.4, 0.5) is 0 Å². The molecular formula is C14H18N2O2. The van der Waals surface area contributed by atoms with Gasteiger partial charge in [0.05, 0.1) is 11.0 Å². The summed E-state index contributed by atoms with van der Waals surface area (Å²) in [6.07, 6.45) is 1.40. The van der Waals surface area contributed by atoms with Crippen molar-refractivity contribution in [2.45, 2.75) is 39.2 Å². The van der Waals surface area contributed by atoms with Gasteiger partial charge in [0.25, 0.3) is 0 Å². The van der Waals surface area contributed by atoms with Crippen LogP contribution in [0.15, 0.2) is 24.3 Å². The number of carboxylic acid groups (broad SMARTS) is 1. The highest BCUT2D eigenvalue weighted by atomic mass is 16.4. The van der Waals surface area contributed by atoms with Crippen LogP contribution in [-0.2, 0) is 10.3 Å². The summed E-state index contributed by atoms with van der Waals surface area (Å²) in [5.74, 6) is -0.0647. The molecule has 0 radical (unpaired) electrons. The summed E-state index contributed by atoms with van der Waals surface area (Å²) in [6, 6.07) is 7.66. The fourth-order valence-electron chi connectivity index (χ4n) is 2.57. The Morgan fingerprint density at radius 3 is 2.72 bits per heavy atom. The lowest BCUT2D eigenvalue weighted by atomic mass is 9.95. The number of carboxylic acids is 1. The Kier molecular flexibility index (Phi) is 3.11. The number of aromatic nitrogens is 2. The molecule has 1 atom stereocenters. The zero-order valence-corrected chi connectivity index (χ0v) is 11.0. The minimum Gasteiger partial charge on any atom is -0.479 e. The molecule has 0 saturated heterocycles. The van der Waals surface area contributed by atoms with Crippen LogP contribution in [0, 0.1) is 6.92 Å². The summed E-state index contributed by atoms with van der Waals surface area (Å²) >= 11 is 0. The van der Waals surface area contributed by atoms with Crippen molar-refractivity contribution in [3.05, 3.63) is 30.1 Å². The molecule has 0 aliphatic rings. The Bertz CT molecular complexity index is 588. The van der Waals surface area contributed by atoms with E-state index in [1.54, 1.807) is 6.92 Å². The van der Waals surface area contributed by atoms with Crippen LogP contribution in [0.25, 0.3) is 11.0 Å². The van der Waals surface area contributed by atoms with Crippen molar-refractivity contribution in [2.24, 2.45) is 0 Å². The molecule has 2 aromatic rings. The molecule has 0 saturated carbocycles. The molecule has 0 bridgehead atoms. The van der Waals surface area contributed by atoms with Crippen LogP contribution in [0.2, 0.25) is 0 Å². The third kappa shape index (κ3) is 1.78. The van der Waals surface area contributed by atoms with Crippen molar-refractivity contribution in [3.63, 3.8) is 0 Å². The minimum absolute atomic E-state index is 0.587. The van der Waals surface area contributed by atoms with Crippen molar-refractivity contribution in [1.82, 2.24) is 9.55 Å². The first-order valence-corrected chi connectivity index (χ1v) is 6.18. The van der Waals surface area contributed by atoms with Crippen molar-refractivity contribution in [1.29, 1.82) is 0 Å². The highest BCUT2D eigenvalue weighted by Gasteiger charge is 2.36. The van der Waals surface area contributed by atoms with E-state index in [0.717, 1.165) is 23.3 Å². The Labute approximate surface area is 106 Å². The Balaban J connectivity index is 2.71. The van der Waals surface area contributed by atoms with Crippen LogP contribution in [0.5, 0.6) is 0 Å². The number of carbonyl (C=O) groups is 1. The minimum atomic E-state index is -0.936. The number of nitrogens with zero attached hydrogens (tertiary/aromatic N) is 2. The molecule has 1 unspecified atom stereocenters. The standard InChI is InChI=1S/C14H18N2O2/c1-4-9-14(3,13(17)18)16-10(2)15-11-7-5-6-8-12(11)16/h5-8H,4,9H2,1-3H3,(H,17,18). The molecule has 0 aliphatic carbocycles. The average Bonchev–Trinajstić information content (AvgIpc) is 2.65. The first kappa shape index (κ1) is 12.6. The Hall–Kier alpha value is -1.84. The maximum absolute atomic E-state index is 11.7. The molecular weight excluding hydrogens is 228 g/mol. The molecule has 0 aliphatic heterocycles. The van der Waals surface area contributed by atoms with Crippen molar-refractivity contribution in [2.75, 3.05) is 0 Å². The van der Waals surface area contributed by atoms with E-state index >= 15 is 0 Å². The molecule has 2 rings (SSSR count). The van der Waals surface area contributed by atoms with Gasteiger partial charge in [0, 0.05) is 0 Å². The summed E-state index contributed by atoms with van der Waals surface area (Å²) in [5, 5.41) is 9.57. The van der Waals surface area contributed by atoms with E-state index < -0.39 is 11.5 Å². The number of hydrogen-bond donors (Lipinski definition) is 1. The summed E-state index contributed by atoms with van der Waals surface area (Å²) in [4.78, 5) is 16.1. The van der Waals surface area contributed by atoms with Gasteiger partial charge in [-0.15, -0.1) is 0 Å². The van der Waals surface area contributed by atoms with Gasteiger partial charge in [-0.1, -0.05) is 25.5 Å². The number of rotatable bonds is 4. The van der Waals surface area contributed by atoms with Crippen molar-refractivity contribution < 1.29 is 9.90 Å². The summed E-state index contributed by atoms with van der Waals surface area (Å²) in [7, 11) is 0. The topological polar surface area (TPSA) is 55.1 Å². The maximum Gasteiger partial charge on any atom is 0.329 e. The first-order chi connectivity index (χ1) is 8.50. The monoisotopic (exact) mass is 246 g/mol. The predicted molar refractivity (Wildman–Crippen MR) is 70.7 cm³/mol. The number of para-hydroxylation sites is 2. The van der Waals surface area contributed by atoms with Gasteiger partial charge in [0.15, 0.2) is 0 Å². The average molecular weight is 246 g/mol. The van der Waals surface area contributed by atoms with Crippen molar-refractivity contribution >= 4 is 17.0 Å². The molecule has 4 heteroatoms. The summed E-state index contributed by atoms with van der Waals surface area (Å²) < 4.78 is 1.84. The first-order valence-electron chi connectivity index (χ1n) is 6.18. The number of aliphatic carboxylic acids is 1. The number of imidazole rings is 1. The third-order valence-electron chi connectivity index (χ3n) is 3.42. The van der Waals surface area contributed by atoms with Gasteiger partial charge in [-0.25, -0.2) is 9.78 Å². The Morgan fingerprint density at radius 1 is 1.44 bits per heavy atom. The van der Waals surface area contributed by atoms with Crippen molar-refractivity contribution in [3.8, 4) is 0 Å². The van der Waals surface area contributed by atoms with Crippen LogP contribution in [0.3, 0.4) is 0 Å². The van der Waals surface area contributed by atoms with Gasteiger partial charge < -0.3 is 9.67 Å². The van der Waals surface area contributed by atoms with E-state index in [1.165, 1.54) is 0 Å². The van der Waals surface area contributed by atoms with E-state index in [-0.39, 0.29) is 0 Å². The normalized spacial score (nSPS) is 14.6. The predicted octanol–water partition coefficient (Wildman–Crippen LogP) is 2.94. The zero-order chi connectivity index (χ0) is 13.3. The zero-order valence-electron chi connectivity index (χ0n) is 11.0. The molecule has 4 nitrogen and oxygen atoms in total. The second-order valence-electron chi connectivity index (χ2n) is 4.81. The highest BCUT2D eigenvalue weighted by Crippen LogP contribution is 2.29. The number of fused-ring (bicyclic) bond motifs is 1. The van der Waals surface area contributed by atoms with E-state index in [2.05, 4.69) is 4.98 Å². The maximum atomic E-state index is 11.7. The second-order valence-corrected chi connectivity index (χ2v) is 4.81. The summed E-state index contributed by atoms with van der Waals surface area (Å²) in [6.45, 7) is 5.62. The van der Waals surface area contributed by atoms with Gasteiger partial charge in [-0.2, -0.15) is 0 Å². The van der Waals surface area contributed by atoms with E-state index in [9.17, 15) is 9.90 Å². The second kappa shape index (κ2) is 4.44. The van der Waals surface area contributed by atoms with Crippen LogP contribution < -0.4 is 0 Å². The molecule has 1 aromatic carbocycles. The van der Waals surface area contributed by atoms with E-state index in [1.807, 2.05) is 42.7 Å². The fraction of sp³-hybridized carbons (Fsp3) is 0.429. The SMILES string of the molecule is CCCC(C)(C(=O)O)n1c(C)nc2ccccc21. The molecule has 0 fully saturated rings. The Morgan fingerprint density at radius 2 is 2.11 bits per heavy atom. The number of aryl methyl sites for hydroxylation is 1. The van der Waals surface area contributed by atoms with Gasteiger partial charge >= 0.3 is 5.97 Å². The molecule has 0 amide bonds. The highest BCUT2D eigenvalue weighted by molar-refractivity contribution is 5.82. The smallest absolute Gasteiger partial charge is 0.329 e. The van der Waals surface area contributed by atoms with Gasteiger partial charge in [-0.3, -0.25) is 0 Å². The van der Waals surface area contributed by atoms with Gasteiger partial charge in [-0.05, 0) is 32.4 Å². The van der Waals surface area contributed by atoms with Crippen LogP contribution in [0.1, 0.15) is 32.5 Å². The van der Waals surface area contributed by atoms with E-state index in [0.29, 0.717) is 6.42 Å². The lowest BCUT2D eigenvalue weighted by Crippen LogP contribution is -2.39. The van der Waals surface area contributed by atoms with E-state index in [4.69, 9.17) is 0 Å². The van der Waals surface area contributed by atoms with Gasteiger partial charge in [0.1, 0.15) is 11.4 Å². The number of hydrogen-bond acceptors (Lipinski definition) is 2. The fourth-order valence-corrected chi connectivity index (χ4v) is 2.57. The molecule has 96 valence electrons. The molecule has 18 heavy (non-hydrogen) atoms.